The van der Waals surface area contributed by atoms with Crippen LogP contribution in [0.15, 0.2) is 24.4 Å². The highest BCUT2D eigenvalue weighted by Crippen LogP contribution is 2.25. The summed E-state index contributed by atoms with van der Waals surface area (Å²) < 4.78 is 4.68. The largest absolute Gasteiger partial charge is 0.465 e. The molecule has 0 fully saturated rings. The van der Waals surface area contributed by atoms with Crippen molar-refractivity contribution < 1.29 is 9.53 Å². The number of nitrogens with zero attached hydrogens (tertiary/aromatic N) is 2. The van der Waals surface area contributed by atoms with E-state index in [0.717, 1.165) is 11.1 Å². The Morgan fingerprint density at radius 2 is 2.10 bits per heavy atom. The molecule has 20 heavy (non-hydrogen) atoms. The summed E-state index contributed by atoms with van der Waals surface area (Å²) in [6.45, 7) is 5.90. The summed E-state index contributed by atoms with van der Waals surface area (Å²) >= 11 is 0. The highest BCUT2D eigenvalue weighted by Gasteiger charge is 2.13. The number of carbonyl (C=O) groups excluding carboxylic acids is 1. The molecule has 0 aliphatic heterocycles. The van der Waals surface area contributed by atoms with Crippen molar-refractivity contribution in [3.8, 4) is 17.3 Å². The van der Waals surface area contributed by atoms with E-state index < -0.39 is 5.97 Å². The number of carbonyl (C=O) groups is 1. The number of aromatic amines is 1. The van der Waals surface area contributed by atoms with E-state index in [1.165, 1.54) is 13.3 Å². The Morgan fingerprint density at radius 3 is 2.70 bits per heavy atom. The lowest BCUT2D eigenvalue weighted by Crippen LogP contribution is -2.02. The van der Waals surface area contributed by atoms with E-state index in [0.29, 0.717) is 16.8 Å². The van der Waals surface area contributed by atoms with Crippen LogP contribution in [0, 0.1) is 18.3 Å². The van der Waals surface area contributed by atoms with Crippen LogP contribution in [-0.4, -0.2) is 23.3 Å². The molecule has 0 atom stereocenters. The minimum Gasteiger partial charge on any atom is -0.465 e. The number of ether oxygens (including phenoxy) is 1. The number of methoxy groups -OCH3 is 1. The van der Waals surface area contributed by atoms with Gasteiger partial charge in [0.05, 0.1) is 30.1 Å². The lowest BCUT2D eigenvalue weighted by Gasteiger charge is -2.06. The summed E-state index contributed by atoms with van der Waals surface area (Å²) in [6.07, 6.45) is 1.46. The average molecular weight is 271 g/mol. The Kier molecular flexibility index (Phi) is 5.48. The SMILES string of the molecule is CC.COC(=O)c1ccc(C)c(-c2[nH]ncc2C#N)c1. The molecule has 1 aromatic carbocycles. The van der Waals surface area contributed by atoms with Gasteiger partial charge in [-0.15, -0.1) is 0 Å². The third-order valence-electron chi connectivity index (χ3n) is 2.69. The molecule has 2 rings (SSSR count). The van der Waals surface area contributed by atoms with Crippen LogP contribution < -0.4 is 0 Å². The van der Waals surface area contributed by atoms with Crippen LogP contribution in [0.3, 0.4) is 0 Å². The van der Waals surface area contributed by atoms with E-state index in [9.17, 15) is 4.79 Å². The number of rotatable bonds is 2. The molecule has 0 bridgehead atoms. The molecule has 104 valence electrons. The van der Waals surface area contributed by atoms with Crippen molar-refractivity contribution in [2.45, 2.75) is 20.8 Å². The molecule has 1 heterocycles. The van der Waals surface area contributed by atoms with Crippen molar-refractivity contribution in [1.82, 2.24) is 10.2 Å². The van der Waals surface area contributed by atoms with Crippen LogP contribution in [0.1, 0.15) is 35.3 Å². The minimum atomic E-state index is -0.408. The normalized spacial score (nSPS) is 9.15. The summed E-state index contributed by atoms with van der Waals surface area (Å²) in [5, 5.41) is 15.6. The molecular formula is C15H17N3O2. The highest BCUT2D eigenvalue weighted by molar-refractivity contribution is 5.91. The van der Waals surface area contributed by atoms with Gasteiger partial charge in [-0.1, -0.05) is 19.9 Å². The first-order valence-corrected chi connectivity index (χ1v) is 6.30. The van der Waals surface area contributed by atoms with Gasteiger partial charge in [-0.05, 0) is 24.6 Å². The first-order valence-electron chi connectivity index (χ1n) is 6.30. The van der Waals surface area contributed by atoms with Gasteiger partial charge in [0.15, 0.2) is 0 Å². The standard InChI is InChI=1S/C13H11N3O2.C2H6/c1-8-3-4-9(13(17)18-2)5-11(8)12-10(6-14)7-15-16-12;1-2/h3-5,7H,1-2H3,(H,15,16);1-2H3. The smallest absolute Gasteiger partial charge is 0.337 e. The Bertz CT molecular complexity index is 639. The predicted octanol–water partition coefficient (Wildman–Crippen LogP) is 3.07. The van der Waals surface area contributed by atoms with Crippen LogP contribution in [0.2, 0.25) is 0 Å². The second-order valence-electron chi connectivity index (χ2n) is 3.79. The summed E-state index contributed by atoms with van der Waals surface area (Å²) in [7, 11) is 1.33. The quantitative estimate of drug-likeness (QED) is 0.851. The van der Waals surface area contributed by atoms with E-state index in [1.54, 1.807) is 12.1 Å². The number of esters is 1. The molecule has 0 saturated carbocycles. The van der Waals surface area contributed by atoms with Crippen LogP contribution in [0.5, 0.6) is 0 Å². The monoisotopic (exact) mass is 271 g/mol. The van der Waals surface area contributed by atoms with Crippen LogP contribution in [0.4, 0.5) is 0 Å². The maximum atomic E-state index is 11.5. The van der Waals surface area contributed by atoms with E-state index in [4.69, 9.17) is 5.26 Å². The van der Waals surface area contributed by atoms with Gasteiger partial charge in [0.25, 0.3) is 0 Å². The van der Waals surface area contributed by atoms with Crippen molar-refractivity contribution in [2.75, 3.05) is 7.11 Å². The Hall–Kier alpha value is -2.61. The van der Waals surface area contributed by atoms with Gasteiger partial charge in [-0.25, -0.2) is 4.79 Å². The second kappa shape index (κ2) is 7.10. The summed E-state index contributed by atoms with van der Waals surface area (Å²) in [4.78, 5) is 11.5. The maximum Gasteiger partial charge on any atom is 0.337 e. The predicted molar refractivity (Wildman–Crippen MR) is 76.2 cm³/mol. The molecule has 5 nitrogen and oxygen atoms in total. The topological polar surface area (TPSA) is 78.8 Å². The maximum absolute atomic E-state index is 11.5. The minimum absolute atomic E-state index is 0.408. The molecular weight excluding hydrogens is 254 g/mol. The number of aryl methyl sites for hydroxylation is 1. The van der Waals surface area contributed by atoms with Crippen molar-refractivity contribution in [1.29, 1.82) is 5.26 Å². The van der Waals surface area contributed by atoms with Gasteiger partial charge in [0.1, 0.15) is 6.07 Å². The fourth-order valence-corrected chi connectivity index (χ4v) is 1.71. The van der Waals surface area contributed by atoms with Gasteiger partial charge in [-0.3, -0.25) is 5.10 Å². The van der Waals surface area contributed by atoms with Crippen LogP contribution in [-0.2, 0) is 4.74 Å². The number of H-pyrrole nitrogens is 1. The molecule has 1 N–H and O–H groups in total. The van der Waals surface area contributed by atoms with Gasteiger partial charge in [0.2, 0.25) is 0 Å². The highest BCUT2D eigenvalue weighted by atomic mass is 16.5. The van der Waals surface area contributed by atoms with Crippen molar-refractivity contribution in [3.05, 3.63) is 41.1 Å². The number of nitriles is 1. The fraction of sp³-hybridized carbons (Fsp3) is 0.267. The van der Waals surface area contributed by atoms with Crippen LogP contribution >= 0.6 is 0 Å². The number of hydrogen-bond acceptors (Lipinski definition) is 4. The number of benzene rings is 1. The third-order valence-corrected chi connectivity index (χ3v) is 2.69. The van der Waals surface area contributed by atoms with E-state index in [1.807, 2.05) is 26.8 Å². The molecule has 5 heteroatoms. The summed E-state index contributed by atoms with van der Waals surface area (Å²) in [5.41, 5.74) is 3.22. The molecule has 0 unspecified atom stereocenters. The molecule has 0 aliphatic rings. The first-order chi connectivity index (χ1) is 9.67. The lowest BCUT2D eigenvalue weighted by molar-refractivity contribution is 0.0601. The molecule has 0 saturated heterocycles. The molecule has 2 aromatic rings. The lowest BCUT2D eigenvalue weighted by atomic mass is 10.0. The fourth-order valence-electron chi connectivity index (χ4n) is 1.71. The molecule has 0 amide bonds. The van der Waals surface area contributed by atoms with Gasteiger partial charge in [0, 0.05) is 5.56 Å². The Labute approximate surface area is 118 Å². The number of hydrogen-bond donors (Lipinski definition) is 1. The van der Waals surface area contributed by atoms with Gasteiger partial charge in [-0.2, -0.15) is 10.4 Å². The third kappa shape index (κ3) is 3.04. The van der Waals surface area contributed by atoms with Crippen molar-refractivity contribution in [3.63, 3.8) is 0 Å². The van der Waals surface area contributed by atoms with Crippen molar-refractivity contribution >= 4 is 5.97 Å². The zero-order valence-corrected chi connectivity index (χ0v) is 12.0. The molecule has 0 aliphatic carbocycles. The average Bonchev–Trinajstić information content (AvgIpc) is 2.97. The Balaban J connectivity index is 0.000000956. The summed E-state index contributed by atoms with van der Waals surface area (Å²) in [5.74, 6) is -0.408. The molecule has 0 radical (unpaired) electrons. The van der Waals surface area contributed by atoms with Gasteiger partial charge < -0.3 is 4.74 Å². The number of aromatic nitrogens is 2. The molecule has 1 aromatic heterocycles. The molecule has 0 spiro atoms. The summed E-state index contributed by atoms with van der Waals surface area (Å²) in [6, 6.07) is 7.24. The van der Waals surface area contributed by atoms with E-state index in [2.05, 4.69) is 21.0 Å². The van der Waals surface area contributed by atoms with Gasteiger partial charge >= 0.3 is 5.97 Å². The van der Waals surface area contributed by atoms with Crippen LogP contribution in [0.25, 0.3) is 11.3 Å². The van der Waals surface area contributed by atoms with Crippen molar-refractivity contribution in [2.24, 2.45) is 0 Å². The Morgan fingerprint density at radius 1 is 1.40 bits per heavy atom. The zero-order valence-electron chi connectivity index (χ0n) is 12.0. The van der Waals surface area contributed by atoms with E-state index >= 15 is 0 Å². The zero-order chi connectivity index (χ0) is 15.1. The van der Waals surface area contributed by atoms with E-state index in [-0.39, 0.29) is 0 Å². The first kappa shape index (κ1) is 15.4. The second-order valence-corrected chi connectivity index (χ2v) is 3.79. The number of nitrogens with one attached hydrogen (secondary N) is 1.